The van der Waals surface area contributed by atoms with E-state index in [4.69, 9.17) is 5.73 Å². The predicted molar refractivity (Wildman–Crippen MR) is 259 cm³/mol. The first-order valence-electron chi connectivity index (χ1n) is 27.2. The lowest BCUT2D eigenvalue weighted by Crippen LogP contribution is -2.32. The third-order valence-electron chi connectivity index (χ3n) is 13.0. The Bertz CT molecular complexity index is 800. The van der Waals surface area contributed by atoms with Crippen LogP contribution >= 0.6 is 0 Å². The Labute approximate surface area is 366 Å². The van der Waals surface area contributed by atoms with Gasteiger partial charge in [0.15, 0.2) is 0 Å². The lowest BCUT2D eigenvalue weighted by molar-refractivity contribution is -0.131. The molecule has 0 saturated carbocycles. The fourth-order valence-corrected chi connectivity index (χ4v) is 8.92. The van der Waals surface area contributed by atoms with E-state index in [-0.39, 0.29) is 5.91 Å². The fraction of sp³-hybridized carbons (Fsp3) is 0.963. The van der Waals surface area contributed by atoms with E-state index >= 15 is 0 Å². The minimum absolute atomic E-state index is 0.157. The zero-order valence-corrected chi connectivity index (χ0v) is 40.2. The molecule has 0 aliphatic heterocycles. The number of nitrogens with two attached hydrogens (primary N) is 1. The number of hydrogen-bond acceptors (Lipinski definition) is 2. The van der Waals surface area contributed by atoms with Crippen LogP contribution in [0.25, 0.3) is 0 Å². The Morgan fingerprint density at radius 3 is 0.690 bits per heavy atom. The molecule has 2 amide bonds. The van der Waals surface area contributed by atoms with Gasteiger partial charge in [-0.2, -0.15) is 0 Å². The molecule has 0 aromatic carbocycles. The second-order valence-corrected chi connectivity index (χ2v) is 18.9. The summed E-state index contributed by atoms with van der Waals surface area (Å²) < 4.78 is 0. The van der Waals surface area contributed by atoms with E-state index < -0.39 is 0 Å². The van der Waals surface area contributed by atoms with Crippen molar-refractivity contribution in [1.29, 1.82) is 0 Å². The van der Waals surface area contributed by atoms with Crippen LogP contribution in [0.1, 0.15) is 322 Å². The lowest BCUT2D eigenvalue weighted by atomic mass is 10.0. The normalized spacial score (nSPS) is 11.5. The van der Waals surface area contributed by atoms with E-state index in [1.807, 2.05) is 0 Å². The standard InChI is InChI=1S/C54H108N2O2/c1-3-5-7-9-11-13-15-17-19-23-27-31-35-39-43-47-51-56(54(58)50-46-42-38-34-30-26-21-18-16-14-12-10-8-6-4-2)52-48-44-40-36-32-28-24-20-22-25-29-33-37-41-45-49-53(55)57/h3-52H2,1-2H3,(H2,55,57). The topological polar surface area (TPSA) is 63.4 Å². The van der Waals surface area contributed by atoms with Gasteiger partial charge in [0.1, 0.15) is 0 Å². The van der Waals surface area contributed by atoms with Crippen molar-refractivity contribution in [3.8, 4) is 0 Å². The molecule has 0 aliphatic rings. The number of primary amides is 1. The van der Waals surface area contributed by atoms with Gasteiger partial charge in [0, 0.05) is 25.9 Å². The van der Waals surface area contributed by atoms with Gasteiger partial charge in [0.05, 0.1) is 0 Å². The average Bonchev–Trinajstić information content (AvgIpc) is 3.22. The van der Waals surface area contributed by atoms with Gasteiger partial charge >= 0.3 is 0 Å². The molecule has 0 radical (unpaired) electrons. The summed E-state index contributed by atoms with van der Waals surface area (Å²) in [6.45, 7) is 6.58. The van der Waals surface area contributed by atoms with Crippen LogP contribution in [-0.2, 0) is 9.59 Å². The van der Waals surface area contributed by atoms with Crippen LogP contribution < -0.4 is 5.73 Å². The van der Waals surface area contributed by atoms with Gasteiger partial charge in [-0.3, -0.25) is 9.59 Å². The predicted octanol–water partition coefficient (Wildman–Crippen LogP) is 18.1. The molecule has 0 fully saturated rings. The number of rotatable bonds is 51. The van der Waals surface area contributed by atoms with Crippen LogP contribution in [0.3, 0.4) is 0 Å². The molecule has 0 rings (SSSR count). The monoisotopic (exact) mass is 817 g/mol. The van der Waals surface area contributed by atoms with E-state index in [9.17, 15) is 9.59 Å². The average molecular weight is 817 g/mol. The summed E-state index contributed by atoms with van der Waals surface area (Å²) >= 11 is 0. The van der Waals surface area contributed by atoms with Gasteiger partial charge in [0.25, 0.3) is 0 Å². The van der Waals surface area contributed by atoms with Crippen molar-refractivity contribution in [1.82, 2.24) is 4.90 Å². The van der Waals surface area contributed by atoms with Crippen LogP contribution in [0.2, 0.25) is 0 Å². The van der Waals surface area contributed by atoms with Crippen molar-refractivity contribution in [3.05, 3.63) is 0 Å². The SMILES string of the molecule is CCCCCCCCCCCCCCCCCCN(CCCCCCCCCCCCCCCCCC(N)=O)C(=O)CCCCCCCCCCCCCCCCC. The van der Waals surface area contributed by atoms with Crippen molar-refractivity contribution in [2.24, 2.45) is 5.73 Å². The van der Waals surface area contributed by atoms with E-state index in [0.717, 1.165) is 38.8 Å². The molecule has 0 aliphatic carbocycles. The first kappa shape index (κ1) is 56.9. The van der Waals surface area contributed by atoms with Gasteiger partial charge in [-0.25, -0.2) is 0 Å². The third kappa shape index (κ3) is 47.6. The summed E-state index contributed by atoms with van der Waals surface area (Å²) in [5, 5.41) is 0. The van der Waals surface area contributed by atoms with E-state index in [1.54, 1.807) is 0 Å². The molecular formula is C54H108N2O2. The molecule has 0 spiro atoms. The number of hydrogen-bond donors (Lipinski definition) is 1. The lowest BCUT2D eigenvalue weighted by Gasteiger charge is -2.23. The number of carbonyl (C=O) groups excluding carboxylic acids is 2. The van der Waals surface area contributed by atoms with E-state index in [1.165, 1.54) is 276 Å². The largest absolute Gasteiger partial charge is 0.370 e. The van der Waals surface area contributed by atoms with Crippen LogP contribution in [0.15, 0.2) is 0 Å². The molecule has 0 unspecified atom stereocenters. The first-order chi connectivity index (χ1) is 28.6. The minimum atomic E-state index is -0.157. The maximum atomic E-state index is 13.4. The minimum Gasteiger partial charge on any atom is -0.370 e. The van der Waals surface area contributed by atoms with Crippen molar-refractivity contribution in [3.63, 3.8) is 0 Å². The summed E-state index contributed by atoms with van der Waals surface area (Å²) in [4.78, 5) is 26.5. The highest BCUT2D eigenvalue weighted by Crippen LogP contribution is 2.18. The van der Waals surface area contributed by atoms with Crippen molar-refractivity contribution < 1.29 is 9.59 Å². The molecule has 0 bridgehead atoms. The van der Waals surface area contributed by atoms with Crippen LogP contribution in [0.4, 0.5) is 0 Å². The van der Waals surface area contributed by atoms with E-state index in [0.29, 0.717) is 12.3 Å². The maximum absolute atomic E-state index is 13.4. The Morgan fingerprint density at radius 2 is 0.466 bits per heavy atom. The molecular weight excluding hydrogens is 709 g/mol. The van der Waals surface area contributed by atoms with Gasteiger partial charge in [0.2, 0.25) is 11.8 Å². The van der Waals surface area contributed by atoms with Crippen molar-refractivity contribution in [2.45, 2.75) is 322 Å². The molecule has 0 heterocycles. The number of carbonyl (C=O) groups is 2. The summed E-state index contributed by atoms with van der Waals surface area (Å²) in [5.41, 5.74) is 5.22. The second kappa shape index (κ2) is 50.3. The van der Waals surface area contributed by atoms with Crippen molar-refractivity contribution in [2.75, 3.05) is 13.1 Å². The molecule has 2 N–H and O–H groups in total. The van der Waals surface area contributed by atoms with Gasteiger partial charge < -0.3 is 10.6 Å². The van der Waals surface area contributed by atoms with Gasteiger partial charge in [-0.15, -0.1) is 0 Å². The molecule has 58 heavy (non-hydrogen) atoms. The fourth-order valence-electron chi connectivity index (χ4n) is 8.92. The zero-order valence-electron chi connectivity index (χ0n) is 40.2. The highest BCUT2D eigenvalue weighted by atomic mass is 16.2. The molecule has 0 aromatic heterocycles. The zero-order chi connectivity index (χ0) is 42.1. The van der Waals surface area contributed by atoms with Crippen molar-refractivity contribution >= 4 is 11.8 Å². The molecule has 0 saturated heterocycles. The Balaban J connectivity index is 4.08. The Morgan fingerprint density at radius 1 is 0.276 bits per heavy atom. The summed E-state index contributed by atoms with van der Waals surface area (Å²) in [6.07, 6.45) is 63.8. The number of nitrogens with zero attached hydrogens (tertiary/aromatic N) is 1. The van der Waals surface area contributed by atoms with E-state index in [2.05, 4.69) is 18.7 Å². The van der Waals surface area contributed by atoms with Gasteiger partial charge in [-0.05, 0) is 25.7 Å². The second-order valence-electron chi connectivity index (χ2n) is 18.9. The molecule has 346 valence electrons. The molecule has 0 atom stereocenters. The quantitative estimate of drug-likeness (QED) is 0.0622. The smallest absolute Gasteiger partial charge is 0.222 e. The molecule has 0 aromatic rings. The summed E-state index contributed by atoms with van der Waals surface area (Å²) in [5.74, 6) is 0.286. The highest BCUT2D eigenvalue weighted by molar-refractivity contribution is 5.76. The first-order valence-corrected chi connectivity index (χ1v) is 27.2. The molecule has 4 nitrogen and oxygen atoms in total. The highest BCUT2D eigenvalue weighted by Gasteiger charge is 2.13. The van der Waals surface area contributed by atoms with Crippen LogP contribution in [0, 0.1) is 0 Å². The maximum Gasteiger partial charge on any atom is 0.222 e. The number of amides is 2. The van der Waals surface area contributed by atoms with Gasteiger partial charge in [-0.1, -0.05) is 284 Å². The summed E-state index contributed by atoms with van der Waals surface area (Å²) in [6, 6.07) is 0. The number of unbranched alkanes of at least 4 members (excludes halogenated alkanes) is 43. The Hall–Kier alpha value is -1.06. The van der Waals surface area contributed by atoms with Crippen LogP contribution in [0.5, 0.6) is 0 Å². The van der Waals surface area contributed by atoms with Crippen LogP contribution in [-0.4, -0.2) is 29.8 Å². The third-order valence-corrected chi connectivity index (χ3v) is 13.0. The Kier molecular flexibility index (Phi) is 49.4. The summed E-state index contributed by atoms with van der Waals surface area (Å²) in [7, 11) is 0. The molecule has 4 heteroatoms.